The fourth-order valence-corrected chi connectivity index (χ4v) is 2.86. The van der Waals surface area contributed by atoms with Crippen molar-refractivity contribution < 1.29 is 14.3 Å². The van der Waals surface area contributed by atoms with Gasteiger partial charge in [0.25, 0.3) is 0 Å². The second-order valence-electron chi connectivity index (χ2n) is 6.35. The van der Waals surface area contributed by atoms with Crippen molar-refractivity contribution in [1.29, 1.82) is 0 Å². The maximum atomic E-state index is 11.9. The maximum Gasteiger partial charge on any atom is 0.319 e. The monoisotopic (exact) mass is 368 g/mol. The molecule has 1 aromatic carbocycles. The first kappa shape index (κ1) is 18.7. The van der Waals surface area contributed by atoms with Gasteiger partial charge in [0.05, 0.1) is 5.69 Å². The van der Waals surface area contributed by atoms with Gasteiger partial charge in [-0.1, -0.05) is 6.07 Å². The molecule has 2 N–H and O–H groups in total. The molecule has 3 amide bonds. The molecule has 0 radical (unpaired) electrons. The molecule has 1 aromatic heterocycles. The van der Waals surface area contributed by atoms with E-state index in [0.717, 1.165) is 31.6 Å². The zero-order chi connectivity index (χ0) is 18.9. The summed E-state index contributed by atoms with van der Waals surface area (Å²) in [4.78, 5) is 29.9. The van der Waals surface area contributed by atoms with Crippen molar-refractivity contribution in [3.05, 3.63) is 54.4 Å². The number of amides is 3. The number of aromatic nitrogens is 1. The van der Waals surface area contributed by atoms with Crippen LogP contribution in [-0.4, -0.2) is 41.5 Å². The van der Waals surface area contributed by atoms with E-state index < -0.39 is 0 Å². The Bertz CT molecular complexity index is 744. The number of likely N-dealkylation sites (tertiary alicyclic amines) is 1. The molecule has 7 nitrogen and oxygen atoms in total. The first-order valence-corrected chi connectivity index (χ1v) is 9.16. The molecule has 1 fully saturated rings. The fraction of sp³-hybridized carbons (Fsp3) is 0.350. The highest BCUT2D eigenvalue weighted by Gasteiger charge is 2.17. The minimum Gasteiger partial charge on any atom is -0.487 e. The number of benzene rings is 1. The Morgan fingerprint density at radius 2 is 1.85 bits per heavy atom. The van der Waals surface area contributed by atoms with Crippen LogP contribution in [0.2, 0.25) is 0 Å². The van der Waals surface area contributed by atoms with Gasteiger partial charge in [-0.25, -0.2) is 4.79 Å². The summed E-state index contributed by atoms with van der Waals surface area (Å²) in [5.74, 6) is 0.796. The number of hydrogen-bond acceptors (Lipinski definition) is 4. The standard InChI is InChI=1S/C20H24N4O3/c25-19(24-13-3-4-14-24)10-12-22-20(26)23-16-6-8-18(9-7-16)27-15-17-5-1-2-11-21-17/h1-2,5-9,11H,3-4,10,12-15H2,(H2,22,23,26). The lowest BCUT2D eigenvalue weighted by molar-refractivity contribution is -0.129. The minimum absolute atomic E-state index is 0.0993. The van der Waals surface area contributed by atoms with Crippen LogP contribution in [-0.2, 0) is 11.4 Å². The van der Waals surface area contributed by atoms with Crippen LogP contribution in [0, 0.1) is 0 Å². The topological polar surface area (TPSA) is 83.6 Å². The Kier molecular flexibility index (Phi) is 6.62. The van der Waals surface area contributed by atoms with E-state index in [1.165, 1.54) is 0 Å². The molecule has 0 aliphatic carbocycles. The van der Waals surface area contributed by atoms with Gasteiger partial charge in [0.15, 0.2) is 0 Å². The van der Waals surface area contributed by atoms with Crippen molar-refractivity contribution in [3.8, 4) is 5.75 Å². The van der Waals surface area contributed by atoms with E-state index >= 15 is 0 Å². The largest absolute Gasteiger partial charge is 0.487 e. The number of hydrogen-bond donors (Lipinski definition) is 2. The molecule has 1 aliphatic heterocycles. The molecule has 2 aromatic rings. The number of anilines is 1. The first-order valence-electron chi connectivity index (χ1n) is 9.16. The molecule has 0 bridgehead atoms. The van der Waals surface area contributed by atoms with Gasteiger partial charge in [0.1, 0.15) is 12.4 Å². The van der Waals surface area contributed by atoms with Crippen LogP contribution < -0.4 is 15.4 Å². The molecular weight excluding hydrogens is 344 g/mol. The molecule has 3 rings (SSSR count). The number of ether oxygens (including phenoxy) is 1. The van der Waals surface area contributed by atoms with Gasteiger partial charge in [-0.05, 0) is 49.2 Å². The highest BCUT2D eigenvalue weighted by molar-refractivity contribution is 5.89. The Hall–Kier alpha value is -3.09. The lowest BCUT2D eigenvalue weighted by Crippen LogP contribution is -2.34. The molecule has 1 aliphatic rings. The zero-order valence-electron chi connectivity index (χ0n) is 15.2. The SMILES string of the molecule is O=C(NCCC(=O)N1CCCC1)Nc1ccc(OCc2ccccn2)cc1. The quantitative estimate of drug-likeness (QED) is 0.787. The van der Waals surface area contributed by atoms with Gasteiger partial charge >= 0.3 is 6.03 Å². The van der Waals surface area contributed by atoms with Gasteiger partial charge < -0.3 is 20.3 Å². The molecule has 0 spiro atoms. The third-order valence-electron chi connectivity index (χ3n) is 4.31. The first-order chi connectivity index (χ1) is 13.2. The molecule has 27 heavy (non-hydrogen) atoms. The number of urea groups is 1. The summed E-state index contributed by atoms with van der Waals surface area (Å²) < 4.78 is 5.66. The third kappa shape index (κ3) is 5.99. The van der Waals surface area contributed by atoms with Crippen LogP contribution in [0.15, 0.2) is 48.7 Å². The van der Waals surface area contributed by atoms with Gasteiger partial charge in [0.2, 0.25) is 5.91 Å². The summed E-state index contributed by atoms with van der Waals surface area (Å²) in [6.07, 6.45) is 4.19. The van der Waals surface area contributed by atoms with E-state index in [4.69, 9.17) is 4.74 Å². The van der Waals surface area contributed by atoms with E-state index in [1.54, 1.807) is 30.5 Å². The smallest absolute Gasteiger partial charge is 0.319 e. The van der Waals surface area contributed by atoms with Crippen molar-refractivity contribution in [1.82, 2.24) is 15.2 Å². The number of carbonyl (C=O) groups excluding carboxylic acids is 2. The maximum absolute atomic E-state index is 11.9. The van der Waals surface area contributed by atoms with E-state index in [-0.39, 0.29) is 11.9 Å². The normalized spacial score (nSPS) is 13.3. The predicted molar refractivity (Wildman–Crippen MR) is 102 cm³/mol. The van der Waals surface area contributed by atoms with Crippen LogP contribution in [0.4, 0.5) is 10.5 Å². The molecular formula is C20H24N4O3. The summed E-state index contributed by atoms with van der Waals surface area (Å²) in [6, 6.07) is 12.4. The average molecular weight is 368 g/mol. The minimum atomic E-state index is -0.327. The van der Waals surface area contributed by atoms with Crippen molar-refractivity contribution in [3.63, 3.8) is 0 Å². The Morgan fingerprint density at radius 3 is 2.56 bits per heavy atom. The van der Waals surface area contributed by atoms with Crippen molar-refractivity contribution in [2.75, 3.05) is 25.0 Å². The van der Waals surface area contributed by atoms with Crippen LogP contribution in [0.25, 0.3) is 0 Å². The Labute approximate surface area is 158 Å². The van der Waals surface area contributed by atoms with Crippen LogP contribution in [0.5, 0.6) is 5.75 Å². The second-order valence-corrected chi connectivity index (χ2v) is 6.35. The van der Waals surface area contributed by atoms with E-state index in [1.807, 2.05) is 23.1 Å². The molecule has 1 saturated heterocycles. The number of carbonyl (C=O) groups is 2. The molecule has 2 heterocycles. The molecule has 0 atom stereocenters. The summed E-state index contributed by atoms with van der Waals surface area (Å²) >= 11 is 0. The fourth-order valence-electron chi connectivity index (χ4n) is 2.86. The van der Waals surface area contributed by atoms with E-state index in [9.17, 15) is 9.59 Å². The summed E-state index contributed by atoms with van der Waals surface area (Å²) in [6.45, 7) is 2.38. The number of pyridine rings is 1. The summed E-state index contributed by atoms with van der Waals surface area (Å²) in [5, 5.41) is 5.45. The Morgan fingerprint density at radius 1 is 1.07 bits per heavy atom. The summed E-state index contributed by atoms with van der Waals surface area (Å²) in [5.41, 5.74) is 1.51. The van der Waals surface area contributed by atoms with Crippen molar-refractivity contribution in [2.24, 2.45) is 0 Å². The highest BCUT2D eigenvalue weighted by Crippen LogP contribution is 2.16. The number of rotatable bonds is 7. The van der Waals surface area contributed by atoms with Crippen LogP contribution >= 0.6 is 0 Å². The third-order valence-corrected chi connectivity index (χ3v) is 4.31. The van der Waals surface area contributed by atoms with Crippen molar-refractivity contribution in [2.45, 2.75) is 25.9 Å². The van der Waals surface area contributed by atoms with Gasteiger partial charge in [-0.2, -0.15) is 0 Å². The molecule has 7 heteroatoms. The lowest BCUT2D eigenvalue weighted by atomic mass is 10.3. The van der Waals surface area contributed by atoms with Crippen molar-refractivity contribution >= 4 is 17.6 Å². The van der Waals surface area contributed by atoms with Crippen LogP contribution in [0.1, 0.15) is 25.0 Å². The van der Waals surface area contributed by atoms with Gasteiger partial charge in [-0.3, -0.25) is 9.78 Å². The van der Waals surface area contributed by atoms with E-state index in [2.05, 4.69) is 15.6 Å². The molecule has 142 valence electrons. The molecule has 0 unspecified atom stereocenters. The second kappa shape index (κ2) is 9.56. The highest BCUT2D eigenvalue weighted by atomic mass is 16.5. The van der Waals surface area contributed by atoms with E-state index in [0.29, 0.717) is 31.0 Å². The number of nitrogens with zero attached hydrogens (tertiary/aromatic N) is 2. The predicted octanol–water partition coefficient (Wildman–Crippen LogP) is 2.79. The lowest BCUT2D eigenvalue weighted by Gasteiger charge is -2.15. The molecule has 0 saturated carbocycles. The zero-order valence-corrected chi connectivity index (χ0v) is 15.2. The van der Waals surface area contributed by atoms with Gasteiger partial charge in [-0.15, -0.1) is 0 Å². The van der Waals surface area contributed by atoms with Gasteiger partial charge in [0, 0.05) is 37.9 Å². The number of nitrogens with one attached hydrogen (secondary N) is 2. The Balaban J connectivity index is 1.37. The van der Waals surface area contributed by atoms with Crippen LogP contribution in [0.3, 0.4) is 0 Å². The average Bonchev–Trinajstić information content (AvgIpc) is 3.23. The summed E-state index contributed by atoms with van der Waals surface area (Å²) in [7, 11) is 0.